The molecule has 0 fully saturated rings. The molecule has 0 aliphatic carbocycles. The predicted octanol–water partition coefficient (Wildman–Crippen LogP) is 3.54. The standard InChI is InChI=1S/C19H17ClN2O4/c1-12(18(23)22-16-8-7-15(10-21)17(20)9-16)26-19(24)14-5-3-13(4-6-14)11-25-2/h3-9,12H,11H2,1-2H3,(H,22,23). The molecule has 1 N–H and O–H groups in total. The Morgan fingerprint density at radius 1 is 1.23 bits per heavy atom. The molecule has 26 heavy (non-hydrogen) atoms. The van der Waals surface area contributed by atoms with E-state index in [9.17, 15) is 9.59 Å². The first kappa shape index (κ1) is 19.4. The Morgan fingerprint density at radius 3 is 2.50 bits per heavy atom. The molecule has 2 aromatic carbocycles. The fourth-order valence-electron chi connectivity index (χ4n) is 2.11. The number of hydrogen-bond acceptors (Lipinski definition) is 5. The van der Waals surface area contributed by atoms with Crippen LogP contribution in [0.4, 0.5) is 5.69 Å². The van der Waals surface area contributed by atoms with Crippen LogP contribution in [0.3, 0.4) is 0 Å². The number of carbonyl (C=O) groups is 2. The average molecular weight is 373 g/mol. The van der Waals surface area contributed by atoms with E-state index in [2.05, 4.69) is 5.32 Å². The van der Waals surface area contributed by atoms with Crippen molar-refractivity contribution in [1.29, 1.82) is 5.26 Å². The third kappa shape index (κ3) is 5.06. The van der Waals surface area contributed by atoms with Crippen molar-refractivity contribution in [3.05, 3.63) is 64.2 Å². The number of nitrogens with one attached hydrogen (secondary N) is 1. The van der Waals surface area contributed by atoms with Gasteiger partial charge in [-0.3, -0.25) is 4.79 Å². The quantitative estimate of drug-likeness (QED) is 0.783. The summed E-state index contributed by atoms with van der Waals surface area (Å²) in [6, 6.07) is 13.2. The molecule has 1 atom stereocenters. The number of methoxy groups -OCH3 is 1. The minimum Gasteiger partial charge on any atom is -0.449 e. The Balaban J connectivity index is 1.96. The van der Waals surface area contributed by atoms with Gasteiger partial charge in [-0.1, -0.05) is 23.7 Å². The summed E-state index contributed by atoms with van der Waals surface area (Å²) in [6.45, 7) is 1.92. The number of nitrogens with zero attached hydrogens (tertiary/aromatic N) is 1. The summed E-state index contributed by atoms with van der Waals surface area (Å²) in [4.78, 5) is 24.3. The molecule has 0 radical (unpaired) electrons. The van der Waals surface area contributed by atoms with Crippen molar-refractivity contribution in [1.82, 2.24) is 0 Å². The molecular formula is C19H17ClN2O4. The Kier molecular flexibility index (Phi) is 6.73. The minimum atomic E-state index is -1.00. The van der Waals surface area contributed by atoms with E-state index in [0.717, 1.165) is 5.56 Å². The van der Waals surface area contributed by atoms with E-state index in [0.29, 0.717) is 23.4 Å². The second-order valence-electron chi connectivity index (χ2n) is 5.47. The molecule has 7 heteroatoms. The van der Waals surface area contributed by atoms with Crippen LogP contribution in [0.2, 0.25) is 5.02 Å². The van der Waals surface area contributed by atoms with Gasteiger partial charge in [0.05, 0.1) is 22.8 Å². The van der Waals surface area contributed by atoms with Crippen molar-refractivity contribution >= 4 is 29.2 Å². The van der Waals surface area contributed by atoms with E-state index >= 15 is 0 Å². The van der Waals surface area contributed by atoms with Gasteiger partial charge in [-0.2, -0.15) is 5.26 Å². The van der Waals surface area contributed by atoms with Crippen LogP contribution in [0, 0.1) is 11.3 Å². The SMILES string of the molecule is COCc1ccc(C(=O)OC(C)C(=O)Nc2ccc(C#N)c(Cl)c2)cc1. The molecule has 0 saturated carbocycles. The van der Waals surface area contributed by atoms with Crippen LogP contribution in [-0.4, -0.2) is 25.1 Å². The molecule has 1 amide bonds. The van der Waals surface area contributed by atoms with Gasteiger partial charge in [0.1, 0.15) is 6.07 Å². The molecule has 0 bridgehead atoms. The smallest absolute Gasteiger partial charge is 0.338 e. The Morgan fingerprint density at radius 2 is 1.92 bits per heavy atom. The molecule has 2 aromatic rings. The van der Waals surface area contributed by atoms with Crippen molar-refractivity contribution in [2.45, 2.75) is 19.6 Å². The highest BCUT2D eigenvalue weighted by molar-refractivity contribution is 6.32. The van der Waals surface area contributed by atoms with E-state index in [-0.39, 0.29) is 5.02 Å². The summed E-state index contributed by atoms with van der Waals surface area (Å²) in [6.07, 6.45) is -1.00. The first-order valence-corrected chi connectivity index (χ1v) is 8.11. The maximum Gasteiger partial charge on any atom is 0.338 e. The number of halogens is 1. The highest BCUT2D eigenvalue weighted by Crippen LogP contribution is 2.20. The number of amides is 1. The van der Waals surface area contributed by atoms with Gasteiger partial charge in [0.25, 0.3) is 5.91 Å². The van der Waals surface area contributed by atoms with E-state index in [4.69, 9.17) is 26.3 Å². The van der Waals surface area contributed by atoms with Gasteiger partial charge in [-0.15, -0.1) is 0 Å². The van der Waals surface area contributed by atoms with Crippen molar-refractivity contribution < 1.29 is 19.1 Å². The Hall–Kier alpha value is -2.88. The number of nitriles is 1. The second kappa shape index (κ2) is 8.99. The van der Waals surface area contributed by atoms with Gasteiger partial charge in [-0.05, 0) is 42.8 Å². The number of benzene rings is 2. The van der Waals surface area contributed by atoms with Crippen LogP contribution in [0.1, 0.15) is 28.4 Å². The van der Waals surface area contributed by atoms with Crippen molar-refractivity contribution in [2.75, 3.05) is 12.4 Å². The summed E-state index contributed by atoms with van der Waals surface area (Å²) in [5.74, 6) is -1.11. The molecule has 0 saturated heterocycles. The molecule has 0 aromatic heterocycles. The van der Waals surface area contributed by atoms with E-state index in [1.807, 2.05) is 6.07 Å². The zero-order valence-corrected chi connectivity index (χ0v) is 15.0. The van der Waals surface area contributed by atoms with E-state index in [1.165, 1.54) is 19.1 Å². The summed E-state index contributed by atoms with van der Waals surface area (Å²) in [5, 5.41) is 11.7. The lowest BCUT2D eigenvalue weighted by atomic mass is 10.1. The molecule has 134 valence electrons. The zero-order chi connectivity index (χ0) is 19.1. The number of carbonyl (C=O) groups excluding carboxylic acids is 2. The first-order valence-electron chi connectivity index (χ1n) is 7.74. The monoisotopic (exact) mass is 372 g/mol. The summed E-state index contributed by atoms with van der Waals surface area (Å²) >= 11 is 5.92. The molecule has 0 aliphatic rings. The first-order chi connectivity index (χ1) is 12.4. The Labute approximate surface area is 156 Å². The fraction of sp³-hybridized carbons (Fsp3) is 0.211. The van der Waals surface area contributed by atoms with Crippen LogP contribution in [0.15, 0.2) is 42.5 Å². The fourth-order valence-corrected chi connectivity index (χ4v) is 2.34. The molecule has 1 unspecified atom stereocenters. The number of anilines is 1. The van der Waals surface area contributed by atoms with Gasteiger partial charge in [-0.25, -0.2) is 4.79 Å². The van der Waals surface area contributed by atoms with Gasteiger partial charge in [0.15, 0.2) is 6.10 Å². The van der Waals surface area contributed by atoms with E-state index < -0.39 is 18.0 Å². The third-order valence-corrected chi connectivity index (χ3v) is 3.82. The summed E-state index contributed by atoms with van der Waals surface area (Å²) in [5.41, 5.74) is 1.98. The maximum absolute atomic E-state index is 12.2. The maximum atomic E-state index is 12.2. The highest BCUT2D eigenvalue weighted by atomic mass is 35.5. The zero-order valence-electron chi connectivity index (χ0n) is 14.3. The van der Waals surface area contributed by atoms with Crippen LogP contribution in [0.25, 0.3) is 0 Å². The third-order valence-electron chi connectivity index (χ3n) is 3.51. The second-order valence-corrected chi connectivity index (χ2v) is 5.88. The highest BCUT2D eigenvalue weighted by Gasteiger charge is 2.19. The average Bonchev–Trinajstić information content (AvgIpc) is 2.62. The van der Waals surface area contributed by atoms with Crippen LogP contribution in [-0.2, 0) is 20.9 Å². The van der Waals surface area contributed by atoms with Gasteiger partial charge in [0, 0.05) is 12.8 Å². The normalized spacial score (nSPS) is 11.3. The Bertz CT molecular complexity index is 844. The predicted molar refractivity (Wildman–Crippen MR) is 96.8 cm³/mol. The number of esters is 1. The van der Waals surface area contributed by atoms with Gasteiger partial charge < -0.3 is 14.8 Å². The number of hydrogen-bond donors (Lipinski definition) is 1. The molecular weight excluding hydrogens is 356 g/mol. The van der Waals surface area contributed by atoms with Gasteiger partial charge in [0.2, 0.25) is 0 Å². The van der Waals surface area contributed by atoms with Crippen molar-refractivity contribution in [3.8, 4) is 6.07 Å². The van der Waals surface area contributed by atoms with Crippen molar-refractivity contribution in [3.63, 3.8) is 0 Å². The minimum absolute atomic E-state index is 0.228. The lowest BCUT2D eigenvalue weighted by Crippen LogP contribution is -2.30. The van der Waals surface area contributed by atoms with Crippen LogP contribution >= 0.6 is 11.6 Å². The molecule has 6 nitrogen and oxygen atoms in total. The molecule has 0 aliphatic heterocycles. The largest absolute Gasteiger partial charge is 0.449 e. The number of ether oxygens (including phenoxy) is 2. The lowest BCUT2D eigenvalue weighted by Gasteiger charge is -2.14. The topological polar surface area (TPSA) is 88.4 Å². The molecule has 0 spiro atoms. The van der Waals surface area contributed by atoms with Crippen LogP contribution in [0.5, 0.6) is 0 Å². The van der Waals surface area contributed by atoms with Gasteiger partial charge >= 0.3 is 5.97 Å². The number of rotatable bonds is 6. The lowest BCUT2D eigenvalue weighted by molar-refractivity contribution is -0.123. The summed E-state index contributed by atoms with van der Waals surface area (Å²) < 4.78 is 10.2. The molecule has 2 rings (SSSR count). The van der Waals surface area contributed by atoms with Crippen molar-refractivity contribution in [2.24, 2.45) is 0 Å². The summed E-state index contributed by atoms with van der Waals surface area (Å²) in [7, 11) is 1.59. The van der Waals surface area contributed by atoms with E-state index in [1.54, 1.807) is 37.4 Å². The van der Waals surface area contributed by atoms with Crippen LogP contribution < -0.4 is 5.32 Å². The molecule has 0 heterocycles.